The zero-order valence-corrected chi connectivity index (χ0v) is 5.78. The zero-order valence-electron chi connectivity index (χ0n) is 4.19. The van der Waals surface area contributed by atoms with Gasteiger partial charge in [0.05, 0.1) is 9.51 Å². The van der Waals surface area contributed by atoms with E-state index in [0.717, 1.165) is 0 Å². The van der Waals surface area contributed by atoms with Crippen molar-refractivity contribution in [3.8, 4) is 0 Å². The predicted molar refractivity (Wildman–Crippen MR) is 32.3 cm³/mol. The second-order valence-corrected chi connectivity index (χ2v) is 2.23. The van der Waals surface area contributed by atoms with Gasteiger partial charge in [0.2, 0.25) is 0 Å². The quantitative estimate of drug-likeness (QED) is 0.485. The van der Waals surface area contributed by atoms with Crippen molar-refractivity contribution in [2.24, 2.45) is 0 Å². The number of halogens is 1. The Bertz CT molecular complexity index is 233. The molecule has 0 saturated carbocycles. The van der Waals surface area contributed by atoms with Crippen molar-refractivity contribution in [1.29, 1.82) is 0 Å². The lowest BCUT2D eigenvalue weighted by Crippen LogP contribution is -2.07. The van der Waals surface area contributed by atoms with Crippen LogP contribution in [0.1, 0.15) is 0 Å². The number of hydrogen-bond acceptors (Lipinski definition) is 3. The summed E-state index contributed by atoms with van der Waals surface area (Å²) in [5, 5.41) is 12.7. The Kier molecular flexibility index (Phi) is 1.48. The normalized spacial score (nSPS) is 9.44. The van der Waals surface area contributed by atoms with Gasteiger partial charge >= 0.3 is 0 Å². The highest BCUT2D eigenvalue weighted by atomic mass is 79.9. The van der Waals surface area contributed by atoms with Gasteiger partial charge in [0.1, 0.15) is 6.20 Å². The van der Waals surface area contributed by atoms with Crippen molar-refractivity contribution >= 4 is 15.9 Å². The Morgan fingerprint density at radius 3 is 2.78 bits per heavy atom. The van der Waals surface area contributed by atoms with Gasteiger partial charge in [-0.2, -0.15) is 0 Å². The summed E-state index contributed by atoms with van der Waals surface area (Å²) < 4.78 is 0.596. The number of hydrogen-bond donors (Lipinski definition) is 0. The lowest BCUT2D eigenvalue weighted by atomic mass is 10.8. The minimum atomic E-state index is -0.620. The van der Waals surface area contributed by atoms with E-state index in [4.69, 9.17) is 0 Å². The second-order valence-electron chi connectivity index (χ2n) is 1.32. The molecular weight excluding hydrogens is 190 g/mol. The standard InChI is InChI=1S/C3H2BrN3O2/c4-3-1-5-6(2-3)7(8)9/h1-2H. The monoisotopic (exact) mass is 191 g/mol. The Balaban J connectivity index is 2.98. The maximum atomic E-state index is 9.90. The van der Waals surface area contributed by atoms with Crippen LogP contribution in [-0.4, -0.2) is 14.9 Å². The molecule has 0 radical (unpaired) electrons. The van der Waals surface area contributed by atoms with E-state index in [-0.39, 0.29) is 0 Å². The van der Waals surface area contributed by atoms with Crippen molar-refractivity contribution in [2.45, 2.75) is 0 Å². The fourth-order valence-corrected chi connectivity index (χ4v) is 0.655. The summed E-state index contributed by atoms with van der Waals surface area (Å²) in [5.74, 6) is 0. The van der Waals surface area contributed by atoms with Crippen molar-refractivity contribution in [1.82, 2.24) is 9.89 Å². The van der Waals surface area contributed by atoms with Crippen LogP contribution in [0.25, 0.3) is 0 Å². The molecule has 1 rings (SSSR count). The molecule has 0 aliphatic heterocycles. The van der Waals surface area contributed by atoms with E-state index in [9.17, 15) is 10.1 Å². The van der Waals surface area contributed by atoms with Crippen LogP contribution in [0.4, 0.5) is 0 Å². The summed E-state index contributed by atoms with van der Waals surface area (Å²) in [6.45, 7) is 0. The maximum absolute atomic E-state index is 9.90. The molecule has 9 heavy (non-hydrogen) atoms. The third-order valence-corrected chi connectivity index (χ3v) is 1.11. The highest BCUT2D eigenvalue weighted by Gasteiger charge is 2.01. The fraction of sp³-hybridized carbons (Fsp3) is 0. The molecule has 5 nitrogen and oxygen atoms in total. The van der Waals surface area contributed by atoms with Gasteiger partial charge in [0.25, 0.3) is 0 Å². The minimum Gasteiger partial charge on any atom is -0.339 e. The molecule has 0 saturated heterocycles. The van der Waals surface area contributed by atoms with E-state index in [1.165, 1.54) is 12.4 Å². The zero-order chi connectivity index (χ0) is 6.85. The van der Waals surface area contributed by atoms with Gasteiger partial charge in [-0.05, 0) is 15.9 Å². The number of nitro groups is 1. The van der Waals surface area contributed by atoms with Crippen molar-refractivity contribution in [3.05, 3.63) is 27.0 Å². The molecule has 1 heterocycles. The molecule has 0 N–H and O–H groups in total. The third kappa shape index (κ3) is 1.26. The molecule has 0 fully saturated rings. The number of rotatable bonds is 1. The smallest absolute Gasteiger partial charge is 0.181 e. The van der Waals surface area contributed by atoms with E-state index < -0.39 is 5.03 Å². The lowest BCUT2D eigenvalue weighted by molar-refractivity contribution is -0.552. The summed E-state index contributed by atoms with van der Waals surface area (Å²) in [7, 11) is 0. The minimum absolute atomic E-state index is 0.596. The van der Waals surface area contributed by atoms with Crippen LogP contribution >= 0.6 is 15.9 Å². The van der Waals surface area contributed by atoms with E-state index in [2.05, 4.69) is 21.0 Å². The summed E-state index contributed by atoms with van der Waals surface area (Å²) >= 11 is 3.01. The highest BCUT2D eigenvalue weighted by molar-refractivity contribution is 9.10. The first kappa shape index (κ1) is 6.21. The van der Waals surface area contributed by atoms with Crippen molar-refractivity contribution in [2.75, 3.05) is 0 Å². The molecule has 0 aliphatic carbocycles. The second kappa shape index (κ2) is 2.14. The average molecular weight is 192 g/mol. The van der Waals surface area contributed by atoms with Crippen molar-refractivity contribution in [3.63, 3.8) is 0 Å². The van der Waals surface area contributed by atoms with Gasteiger partial charge in [-0.15, -0.1) is 0 Å². The van der Waals surface area contributed by atoms with E-state index in [1.807, 2.05) is 0 Å². The van der Waals surface area contributed by atoms with Gasteiger partial charge in [-0.25, -0.2) is 0 Å². The molecule has 6 heteroatoms. The summed E-state index contributed by atoms with van der Waals surface area (Å²) in [6, 6.07) is 0. The molecule has 0 unspecified atom stereocenters. The molecule has 1 aromatic rings. The van der Waals surface area contributed by atoms with Crippen LogP contribution in [0.2, 0.25) is 0 Å². The Labute approximate surface area is 58.5 Å². The van der Waals surface area contributed by atoms with Gasteiger partial charge in [0, 0.05) is 9.89 Å². The van der Waals surface area contributed by atoms with Gasteiger partial charge in [0.15, 0.2) is 6.20 Å². The summed E-state index contributed by atoms with van der Waals surface area (Å²) in [4.78, 5) is 10.5. The molecular formula is C3H2BrN3O2. The fourth-order valence-electron chi connectivity index (χ4n) is 0.381. The van der Waals surface area contributed by atoms with Crippen molar-refractivity contribution < 1.29 is 5.03 Å². The van der Waals surface area contributed by atoms with E-state index in [0.29, 0.717) is 9.26 Å². The van der Waals surface area contributed by atoms with Crippen LogP contribution in [0.5, 0.6) is 0 Å². The Hall–Kier alpha value is -0.910. The molecule has 0 spiro atoms. The lowest BCUT2D eigenvalue weighted by Gasteiger charge is -1.86. The summed E-state index contributed by atoms with van der Waals surface area (Å²) in [6.07, 6.45) is 2.61. The van der Waals surface area contributed by atoms with Crippen LogP contribution in [0.15, 0.2) is 16.9 Å². The molecule has 0 aromatic carbocycles. The van der Waals surface area contributed by atoms with Crippen LogP contribution in [-0.2, 0) is 0 Å². The van der Waals surface area contributed by atoms with Crippen LogP contribution in [0, 0.1) is 10.1 Å². The topological polar surface area (TPSA) is 61.0 Å². The molecule has 48 valence electrons. The first-order valence-corrected chi connectivity index (χ1v) is 2.84. The van der Waals surface area contributed by atoms with E-state index in [1.54, 1.807) is 0 Å². The predicted octanol–water partition coefficient (Wildman–Crippen LogP) is 0.685. The SMILES string of the molecule is O=[N+]([O-])n1cc(Br)cn1. The molecule has 1 aromatic heterocycles. The van der Waals surface area contributed by atoms with E-state index >= 15 is 0 Å². The largest absolute Gasteiger partial charge is 0.339 e. The molecule has 0 amide bonds. The number of nitrogens with zero attached hydrogens (tertiary/aromatic N) is 3. The molecule has 0 atom stereocenters. The number of aromatic nitrogens is 2. The Morgan fingerprint density at radius 1 is 1.89 bits per heavy atom. The first-order valence-electron chi connectivity index (χ1n) is 2.05. The first-order chi connectivity index (χ1) is 4.20. The van der Waals surface area contributed by atoms with Crippen LogP contribution < -0.4 is 0 Å². The maximum Gasteiger partial charge on any atom is 0.181 e. The highest BCUT2D eigenvalue weighted by Crippen LogP contribution is 2.04. The van der Waals surface area contributed by atoms with Gasteiger partial charge in [-0.3, -0.25) is 0 Å². The average Bonchev–Trinajstić information content (AvgIpc) is 2.14. The third-order valence-electron chi connectivity index (χ3n) is 0.705. The Morgan fingerprint density at radius 2 is 2.56 bits per heavy atom. The molecule has 0 bridgehead atoms. The summed E-state index contributed by atoms with van der Waals surface area (Å²) in [5.41, 5.74) is 0. The van der Waals surface area contributed by atoms with Gasteiger partial charge in [-0.1, -0.05) is 0 Å². The molecule has 0 aliphatic rings. The van der Waals surface area contributed by atoms with Crippen LogP contribution in [0.3, 0.4) is 0 Å². The van der Waals surface area contributed by atoms with Gasteiger partial charge < -0.3 is 10.1 Å².